The third-order valence-electron chi connectivity index (χ3n) is 5.99. The highest BCUT2D eigenvalue weighted by molar-refractivity contribution is 14.0. The number of methoxy groups -OCH3 is 1. The van der Waals surface area contributed by atoms with Gasteiger partial charge in [-0.2, -0.15) is 0 Å². The van der Waals surface area contributed by atoms with Gasteiger partial charge in [-0.15, -0.1) is 24.0 Å². The van der Waals surface area contributed by atoms with E-state index in [0.717, 1.165) is 38.6 Å². The number of ether oxygens (including phenoxy) is 1. The van der Waals surface area contributed by atoms with E-state index < -0.39 is 0 Å². The first-order valence-corrected chi connectivity index (χ1v) is 10.1. The Bertz CT molecular complexity index is 393. The molecule has 1 aliphatic carbocycles. The summed E-state index contributed by atoms with van der Waals surface area (Å²) in [4.78, 5) is 9.47. The van der Waals surface area contributed by atoms with Gasteiger partial charge in [-0.05, 0) is 31.2 Å². The number of rotatable bonds is 9. The van der Waals surface area contributed by atoms with Gasteiger partial charge in [-0.1, -0.05) is 19.8 Å². The smallest absolute Gasteiger partial charge is 0.191 e. The van der Waals surface area contributed by atoms with E-state index in [4.69, 9.17) is 4.74 Å². The van der Waals surface area contributed by atoms with Crippen LogP contribution in [0.5, 0.6) is 0 Å². The SMILES string of the molecule is CCN1CCN(CCNC(=NC)NCC2(CCOC)CCCC2)CC1.I. The summed E-state index contributed by atoms with van der Waals surface area (Å²) in [5.41, 5.74) is 0.393. The number of aliphatic imine (C=N–C) groups is 1. The lowest BCUT2D eigenvalue weighted by Crippen LogP contribution is -2.49. The molecule has 2 N–H and O–H groups in total. The van der Waals surface area contributed by atoms with Gasteiger partial charge in [0.15, 0.2) is 5.96 Å². The average molecular weight is 481 g/mol. The van der Waals surface area contributed by atoms with E-state index in [-0.39, 0.29) is 24.0 Å². The Morgan fingerprint density at radius 3 is 2.31 bits per heavy atom. The predicted molar refractivity (Wildman–Crippen MR) is 121 cm³/mol. The molecule has 2 aliphatic rings. The third-order valence-corrected chi connectivity index (χ3v) is 5.99. The highest BCUT2D eigenvalue weighted by Crippen LogP contribution is 2.40. The van der Waals surface area contributed by atoms with Crippen molar-refractivity contribution >= 4 is 29.9 Å². The number of piperazine rings is 1. The van der Waals surface area contributed by atoms with Crippen molar-refractivity contribution in [3.05, 3.63) is 0 Å². The molecule has 1 heterocycles. The van der Waals surface area contributed by atoms with Crippen molar-refractivity contribution < 1.29 is 4.74 Å². The second kappa shape index (κ2) is 13.1. The van der Waals surface area contributed by atoms with Crippen LogP contribution in [0, 0.1) is 5.41 Å². The van der Waals surface area contributed by atoms with Crippen molar-refractivity contribution in [1.29, 1.82) is 0 Å². The molecule has 1 aliphatic heterocycles. The van der Waals surface area contributed by atoms with Gasteiger partial charge in [-0.3, -0.25) is 9.89 Å². The number of hydrogen-bond acceptors (Lipinski definition) is 4. The summed E-state index contributed by atoms with van der Waals surface area (Å²) >= 11 is 0. The van der Waals surface area contributed by atoms with Crippen molar-refractivity contribution in [2.24, 2.45) is 10.4 Å². The highest BCUT2D eigenvalue weighted by atomic mass is 127. The van der Waals surface area contributed by atoms with E-state index in [9.17, 15) is 0 Å². The second-order valence-electron chi connectivity index (χ2n) is 7.58. The van der Waals surface area contributed by atoms with Crippen molar-refractivity contribution in [3.63, 3.8) is 0 Å². The maximum Gasteiger partial charge on any atom is 0.191 e. The van der Waals surface area contributed by atoms with Gasteiger partial charge < -0.3 is 20.3 Å². The maximum absolute atomic E-state index is 5.33. The zero-order valence-corrected chi connectivity index (χ0v) is 19.4. The normalized spacial score (nSPS) is 21.4. The molecule has 1 saturated carbocycles. The van der Waals surface area contributed by atoms with Gasteiger partial charge in [0.25, 0.3) is 0 Å². The van der Waals surface area contributed by atoms with E-state index in [1.165, 1.54) is 58.4 Å². The largest absolute Gasteiger partial charge is 0.385 e. The predicted octanol–water partition coefficient (Wildman–Crippen LogP) is 2.00. The fourth-order valence-electron chi connectivity index (χ4n) is 4.11. The zero-order chi connectivity index (χ0) is 18.0. The number of hydrogen-bond donors (Lipinski definition) is 2. The minimum absolute atomic E-state index is 0. The van der Waals surface area contributed by atoms with E-state index in [1.54, 1.807) is 7.11 Å². The van der Waals surface area contributed by atoms with Crippen molar-refractivity contribution in [2.75, 3.05) is 73.1 Å². The third kappa shape index (κ3) is 7.86. The molecule has 0 aromatic rings. The Balaban J connectivity index is 0.00000338. The van der Waals surface area contributed by atoms with Gasteiger partial charge in [0.2, 0.25) is 0 Å². The topological polar surface area (TPSA) is 52.1 Å². The standard InChI is InChI=1S/C19H39N5O.HI/c1-4-23-12-14-24(15-13-23)11-10-21-18(20-2)22-17-19(9-16-25-3)7-5-6-8-19;/h4-17H2,1-3H3,(H2,20,21,22);1H. The number of guanidine groups is 1. The summed E-state index contributed by atoms with van der Waals surface area (Å²) in [7, 11) is 3.67. The molecule has 2 rings (SSSR count). The average Bonchev–Trinajstić information content (AvgIpc) is 3.12. The monoisotopic (exact) mass is 481 g/mol. The summed E-state index contributed by atoms with van der Waals surface area (Å²) in [5, 5.41) is 7.06. The van der Waals surface area contributed by atoms with Crippen molar-refractivity contribution in [1.82, 2.24) is 20.4 Å². The molecule has 26 heavy (non-hydrogen) atoms. The number of halogens is 1. The van der Waals surface area contributed by atoms with Gasteiger partial charge >= 0.3 is 0 Å². The van der Waals surface area contributed by atoms with Gasteiger partial charge in [0, 0.05) is 66.6 Å². The molecule has 154 valence electrons. The molecule has 0 aromatic carbocycles. The molecule has 0 atom stereocenters. The summed E-state index contributed by atoms with van der Waals surface area (Å²) in [5.74, 6) is 0.941. The quantitative estimate of drug-likeness (QED) is 0.300. The first kappa shape index (κ1) is 23.9. The van der Waals surface area contributed by atoms with Crippen LogP contribution in [-0.2, 0) is 4.74 Å². The van der Waals surface area contributed by atoms with Crippen LogP contribution in [0.3, 0.4) is 0 Å². The van der Waals surface area contributed by atoms with E-state index >= 15 is 0 Å². The molecule has 0 spiro atoms. The van der Waals surface area contributed by atoms with E-state index in [2.05, 4.69) is 32.3 Å². The van der Waals surface area contributed by atoms with Crippen LogP contribution in [0.25, 0.3) is 0 Å². The highest BCUT2D eigenvalue weighted by Gasteiger charge is 2.33. The van der Waals surface area contributed by atoms with Crippen LogP contribution in [0.4, 0.5) is 0 Å². The minimum atomic E-state index is 0. The van der Waals surface area contributed by atoms with E-state index in [0.29, 0.717) is 5.41 Å². The summed E-state index contributed by atoms with van der Waals surface area (Å²) in [6.45, 7) is 12.1. The Hall–Kier alpha value is -0.120. The van der Waals surface area contributed by atoms with Crippen LogP contribution >= 0.6 is 24.0 Å². The molecule has 1 saturated heterocycles. The van der Waals surface area contributed by atoms with Crippen LogP contribution in [0.1, 0.15) is 39.0 Å². The lowest BCUT2D eigenvalue weighted by Gasteiger charge is -2.34. The summed E-state index contributed by atoms with van der Waals surface area (Å²) in [6, 6.07) is 0. The molecule has 6 nitrogen and oxygen atoms in total. The molecule has 2 fully saturated rings. The Labute approximate surface area is 177 Å². The fraction of sp³-hybridized carbons (Fsp3) is 0.947. The minimum Gasteiger partial charge on any atom is -0.385 e. The molecule has 7 heteroatoms. The Morgan fingerprint density at radius 2 is 1.73 bits per heavy atom. The lowest BCUT2D eigenvalue weighted by atomic mass is 9.83. The van der Waals surface area contributed by atoms with E-state index in [1.807, 2.05) is 7.05 Å². The van der Waals surface area contributed by atoms with Crippen molar-refractivity contribution in [2.45, 2.75) is 39.0 Å². The molecular formula is C19H40IN5O. The van der Waals surface area contributed by atoms with Crippen LogP contribution in [-0.4, -0.2) is 88.9 Å². The Morgan fingerprint density at radius 1 is 1.08 bits per heavy atom. The molecule has 0 unspecified atom stereocenters. The Kier molecular flexibility index (Phi) is 12.1. The first-order chi connectivity index (χ1) is 12.2. The van der Waals surface area contributed by atoms with Crippen molar-refractivity contribution in [3.8, 4) is 0 Å². The van der Waals surface area contributed by atoms with Gasteiger partial charge in [0.1, 0.15) is 0 Å². The first-order valence-electron chi connectivity index (χ1n) is 10.1. The molecule has 0 radical (unpaired) electrons. The second-order valence-corrected chi connectivity index (χ2v) is 7.58. The zero-order valence-electron chi connectivity index (χ0n) is 17.1. The maximum atomic E-state index is 5.33. The molecule has 0 aromatic heterocycles. The fourth-order valence-corrected chi connectivity index (χ4v) is 4.11. The number of likely N-dealkylation sites (N-methyl/N-ethyl adjacent to an activating group) is 1. The number of nitrogens with zero attached hydrogens (tertiary/aromatic N) is 3. The summed E-state index contributed by atoms with van der Waals surface area (Å²) < 4.78 is 5.33. The molecular weight excluding hydrogens is 441 g/mol. The summed E-state index contributed by atoms with van der Waals surface area (Å²) in [6.07, 6.45) is 6.46. The van der Waals surface area contributed by atoms with Gasteiger partial charge in [-0.25, -0.2) is 0 Å². The van der Waals surface area contributed by atoms with Crippen LogP contribution in [0.2, 0.25) is 0 Å². The molecule has 0 amide bonds. The number of nitrogens with one attached hydrogen (secondary N) is 2. The molecule has 0 bridgehead atoms. The van der Waals surface area contributed by atoms with Crippen LogP contribution in [0.15, 0.2) is 4.99 Å². The van der Waals surface area contributed by atoms with Gasteiger partial charge in [0.05, 0.1) is 0 Å². The lowest BCUT2D eigenvalue weighted by molar-refractivity contribution is 0.137. The van der Waals surface area contributed by atoms with Crippen LogP contribution < -0.4 is 10.6 Å².